The van der Waals surface area contributed by atoms with Crippen LogP contribution in [0.4, 0.5) is 0 Å². The van der Waals surface area contributed by atoms with Crippen LogP contribution in [0.5, 0.6) is 0 Å². The molecule has 0 aromatic heterocycles. The Balaban J connectivity index is 4.33. The lowest BCUT2D eigenvalue weighted by Crippen LogP contribution is -2.30. The summed E-state index contributed by atoms with van der Waals surface area (Å²) in [6.07, 6.45) is 29.6. The number of esters is 3. The summed E-state index contributed by atoms with van der Waals surface area (Å²) in [5, 5.41) is 0. The van der Waals surface area contributed by atoms with Gasteiger partial charge in [0.25, 0.3) is 0 Å². The second-order valence-corrected chi connectivity index (χ2v) is 14.6. The number of hydrogen-bond donors (Lipinski definition) is 0. The van der Waals surface area contributed by atoms with Gasteiger partial charge in [0.05, 0.1) is 0 Å². The van der Waals surface area contributed by atoms with Crippen LogP contribution in [0.25, 0.3) is 0 Å². The minimum Gasteiger partial charge on any atom is -0.462 e. The predicted octanol–water partition coefficient (Wildman–Crippen LogP) is 12.2. The van der Waals surface area contributed by atoms with Gasteiger partial charge >= 0.3 is 17.9 Å². The highest BCUT2D eigenvalue weighted by Gasteiger charge is 2.19. The Morgan fingerprint density at radius 3 is 1.21 bits per heavy atom. The van der Waals surface area contributed by atoms with Gasteiger partial charge in [0.2, 0.25) is 0 Å². The second kappa shape index (κ2) is 34.3. The van der Waals surface area contributed by atoms with Crippen LogP contribution in [0, 0.1) is 11.8 Å². The Morgan fingerprint density at radius 1 is 0.447 bits per heavy atom. The van der Waals surface area contributed by atoms with Crippen molar-refractivity contribution in [1.29, 1.82) is 0 Å². The van der Waals surface area contributed by atoms with Crippen LogP contribution in [0.3, 0.4) is 0 Å². The molecule has 2 atom stereocenters. The molecule has 47 heavy (non-hydrogen) atoms. The molecule has 0 saturated heterocycles. The number of ether oxygens (including phenoxy) is 3. The molecule has 0 bridgehead atoms. The van der Waals surface area contributed by atoms with Crippen molar-refractivity contribution in [2.45, 2.75) is 221 Å². The molecule has 278 valence electrons. The molecular formula is C41H78O6. The molecular weight excluding hydrogens is 588 g/mol. The fraction of sp³-hybridized carbons (Fsp3) is 0.927. The lowest BCUT2D eigenvalue weighted by atomic mass is 9.99. The van der Waals surface area contributed by atoms with E-state index in [1.165, 1.54) is 103 Å². The van der Waals surface area contributed by atoms with E-state index in [0.717, 1.165) is 69.6 Å². The Bertz CT molecular complexity index is 721. The number of carbonyl (C=O) groups excluding carboxylic acids is 3. The highest BCUT2D eigenvalue weighted by atomic mass is 16.6. The van der Waals surface area contributed by atoms with Gasteiger partial charge in [-0.05, 0) is 31.1 Å². The van der Waals surface area contributed by atoms with Crippen molar-refractivity contribution in [3.8, 4) is 0 Å². The molecule has 0 heterocycles. The van der Waals surface area contributed by atoms with Gasteiger partial charge in [0, 0.05) is 19.3 Å². The Hall–Kier alpha value is -1.59. The molecule has 0 aromatic carbocycles. The third-order valence-electron chi connectivity index (χ3n) is 9.33. The molecule has 0 aliphatic rings. The van der Waals surface area contributed by atoms with Gasteiger partial charge in [-0.25, -0.2) is 0 Å². The summed E-state index contributed by atoms with van der Waals surface area (Å²) >= 11 is 0. The first-order valence-electron chi connectivity index (χ1n) is 20.3. The summed E-state index contributed by atoms with van der Waals surface area (Å²) in [5.41, 5.74) is 0. The fourth-order valence-corrected chi connectivity index (χ4v) is 5.84. The highest BCUT2D eigenvalue weighted by molar-refractivity contribution is 5.71. The first kappa shape index (κ1) is 45.4. The van der Waals surface area contributed by atoms with Crippen molar-refractivity contribution < 1.29 is 28.6 Å². The highest BCUT2D eigenvalue weighted by Crippen LogP contribution is 2.16. The van der Waals surface area contributed by atoms with E-state index in [0.29, 0.717) is 19.3 Å². The zero-order valence-electron chi connectivity index (χ0n) is 31.9. The Kier molecular flexibility index (Phi) is 33.1. The van der Waals surface area contributed by atoms with Gasteiger partial charge in [-0.15, -0.1) is 0 Å². The Morgan fingerprint density at radius 2 is 0.809 bits per heavy atom. The third-order valence-corrected chi connectivity index (χ3v) is 9.33. The summed E-state index contributed by atoms with van der Waals surface area (Å²) < 4.78 is 16.6. The molecule has 6 nitrogen and oxygen atoms in total. The van der Waals surface area contributed by atoms with E-state index >= 15 is 0 Å². The minimum absolute atomic E-state index is 0.0672. The van der Waals surface area contributed by atoms with Crippen LogP contribution < -0.4 is 0 Å². The van der Waals surface area contributed by atoms with E-state index in [2.05, 4.69) is 34.6 Å². The topological polar surface area (TPSA) is 78.9 Å². The van der Waals surface area contributed by atoms with Crippen molar-refractivity contribution in [2.24, 2.45) is 11.8 Å². The van der Waals surface area contributed by atoms with E-state index in [1.54, 1.807) is 0 Å². The van der Waals surface area contributed by atoms with E-state index in [1.807, 2.05) is 0 Å². The molecule has 0 fully saturated rings. The standard InChI is InChI=1S/C41H78O6/c1-6-8-9-10-14-21-26-31-39(42)45-34-38(47-41(44)33-28-23-18-13-15-19-24-29-36(3)4)35-46-40(43)32-27-22-17-12-11-16-20-25-30-37(5)7-2/h36-38H,6-35H2,1-5H3/t37?,38-/m1/s1. The van der Waals surface area contributed by atoms with Crippen LogP contribution >= 0.6 is 0 Å². The summed E-state index contributed by atoms with van der Waals surface area (Å²) in [6.45, 7) is 11.2. The molecule has 0 aliphatic heterocycles. The Labute approximate surface area is 291 Å². The zero-order valence-corrected chi connectivity index (χ0v) is 31.9. The SMILES string of the molecule is CCCCCCCCCC(=O)OC[C@H](COC(=O)CCCCCCCCCCC(C)CC)OC(=O)CCCCCCCCCC(C)C. The quantitative estimate of drug-likeness (QED) is 0.0380. The first-order chi connectivity index (χ1) is 22.8. The number of carbonyl (C=O) groups is 3. The third kappa shape index (κ3) is 34.1. The van der Waals surface area contributed by atoms with Crippen molar-refractivity contribution in [2.75, 3.05) is 13.2 Å². The molecule has 0 rings (SSSR count). The monoisotopic (exact) mass is 667 g/mol. The number of unbranched alkanes of at least 4 members (excludes halogenated alkanes) is 19. The van der Waals surface area contributed by atoms with Crippen molar-refractivity contribution in [3.05, 3.63) is 0 Å². The second-order valence-electron chi connectivity index (χ2n) is 14.6. The van der Waals surface area contributed by atoms with Gasteiger partial charge in [0.1, 0.15) is 13.2 Å². The summed E-state index contributed by atoms with van der Waals surface area (Å²) in [4.78, 5) is 37.4. The van der Waals surface area contributed by atoms with Gasteiger partial charge in [-0.2, -0.15) is 0 Å². The molecule has 0 aliphatic carbocycles. The number of hydrogen-bond acceptors (Lipinski definition) is 6. The zero-order chi connectivity index (χ0) is 34.8. The largest absolute Gasteiger partial charge is 0.462 e. The summed E-state index contributed by atoms with van der Waals surface area (Å²) in [5.74, 6) is 0.751. The molecule has 0 spiro atoms. The maximum absolute atomic E-state index is 12.6. The van der Waals surface area contributed by atoms with Gasteiger partial charge in [-0.1, -0.05) is 176 Å². The molecule has 0 aromatic rings. The average molecular weight is 667 g/mol. The first-order valence-corrected chi connectivity index (χ1v) is 20.3. The fourth-order valence-electron chi connectivity index (χ4n) is 5.84. The molecule has 0 N–H and O–H groups in total. The molecule has 6 heteroatoms. The van der Waals surface area contributed by atoms with Gasteiger partial charge in [-0.3, -0.25) is 14.4 Å². The van der Waals surface area contributed by atoms with Crippen molar-refractivity contribution >= 4 is 17.9 Å². The lowest BCUT2D eigenvalue weighted by Gasteiger charge is -2.18. The smallest absolute Gasteiger partial charge is 0.306 e. The maximum atomic E-state index is 12.6. The van der Waals surface area contributed by atoms with Gasteiger partial charge in [0.15, 0.2) is 6.10 Å². The van der Waals surface area contributed by atoms with E-state index in [-0.39, 0.29) is 31.1 Å². The van der Waals surface area contributed by atoms with Crippen LogP contribution in [-0.4, -0.2) is 37.2 Å². The maximum Gasteiger partial charge on any atom is 0.306 e. The van der Waals surface area contributed by atoms with Crippen LogP contribution in [0.1, 0.15) is 214 Å². The normalized spacial score (nSPS) is 12.6. The van der Waals surface area contributed by atoms with E-state index in [4.69, 9.17) is 14.2 Å². The van der Waals surface area contributed by atoms with Crippen LogP contribution in [0.15, 0.2) is 0 Å². The van der Waals surface area contributed by atoms with Crippen molar-refractivity contribution in [1.82, 2.24) is 0 Å². The van der Waals surface area contributed by atoms with Crippen LogP contribution in [-0.2, 0) is 28.6 Å². The minimum atomic E-state index is -0.759. The van der Waals surface area contributed by atoms with E-state index < -0.39 is 6.10 Å². The molecule has 0 radical (unpaired) electrons. The number of rotatable bonds is 35. The summed E-state index contributed by atoms with van der Waals surface area (Å²) in [6, 6.07) is 0. The lowest BCUT2D eigenvalue weighted by molar-refractivity contribution is -0.167. The molecule has 0 saturated carbocycles. The molecule has 1 unspecified atom stereocenters. The van der Waals surface area contributed by atoms with Gasteiger partial charge < -0.3 is 14.2 Å². The molecule has 0 amide bonds. The summed E-state index contributed by atoms with van der Waals surface area (Å²) in [7, 11) is 0. The van der Waals surface area contributed by atoms with Crippen molar-refractivity contribution in [3.63, 3.8) is 0 Å². The van der Waals surface area contributed by atoms with E-state index in [9.17, 15) is 14.4 Å². The predicted molar refractivity (Wildman–Crippen MR) is 196 cm³/mol. The van der Waals surface area contributed by atoms with Crippen LogP contribution in [0.2, 0.25) is 0 Å². The average Bonchev–Trinajstić information content (AvgIpc) is 3.05.